The van der Waals surface area contributed by atoms with Gasteiger partial charge in [0.05, 0.1) is 11.4 Å². The van der Waals surface area contributed by atoms with Gasteiger partial charge in [0.2, 0.25) is 6.41 Å². The second-order valence-electron chi connectivity index (χ2n) is 11.3. The van der Waals surface area contributed by atoms with Crippen LogP contribution in [-0.4, -0.2) is 62.3 Å². The molecule has 2 heterocycles. The standard InChI is InChI=1S/C29H32FN3O2.C5H12N4O/c1-19-15-24(30)27(31-11-14-32-12-7-4-8-13-32)29-28(19)33(18-20(2)21(3)34)25-16-22-9-5-6-10-23(22)17-26(25)35-29;6-5(7)9-3-1-2-8-4-10/h5-6,9-10,15-18,31H,4,7-8,11-14H2,1-3H3;4H,1-3H2,(H,8,10)(H4,6,7,9)/b20-18-;. The molecule has 1 fully saturated rings. The van der Waals surface area contributed by atoms with Crippen LogP contribution in [0.1, 0.15) is 45.1 Å². The lowest BCUT2D eigenvalue weighted by molar-refractivity contribution is -0.113. The van der Waals surface area contributed by atoms with Crippen molar-refractivity contribution >= 4 is 46.0 Å². The maximum atomic E-state index is 15.3. The molecule has 2 aliphatic heterocycles. The number of anilines is 3. The fourth-order valence-corrected chi connectivity index (χ4v) is 5.40. The second-order valence-corrected chi connectivity index (χ2v) is 11.3. The highest BCUT2D eigenvalue weighted by Gasteiger charge is 2.30. The Morgan fingerprint density at radius 1 is 1.07 bits per heavy atom. The normalized spacial score (nSPS) is 14.3. The summed E-state index contributed by atoms with van der Waals surface area (Å²) in [5.74, 6) is 0.826. The molecule has 1 amide bonds. The number of nitrogens with one attached hydrogen (secondary N) is 2. The summed E-state index contributed by atoms with van der Waals surface area (Å²) in [7, 11) is 0. The van der Waals surface area contributed by atoms with Crippen LogP contribution in [0.15, 0.2) is 59.2 Å². The number of likely N-dealkylation sites (tertiary alicyclic amines) is 1. The highest BCUT2D eigenvalue weighted by atomic mass is 19.1. The zero-order valence-electron chi connectivity index (χ0n) is 26.4. The van der Waals surface area contributed by atoms with Crippen LogP contribution < -0.4 is 31.7 Å². The molecule has 0 radical (unpaired) electrons. The number of hydrogen-bond donors (Lipinski definition) is 4. The largest absolute Gasteiger partial charge is 0.451 e. The zero-order chi connectivity index (χ0) is 32.3. The molecule has 1 saturated heterocycles. The van der Waals surface area contributed by atoms with Crippen LogP contribution in [0.5, 0.6) is 11.5 Å². The average Bonchev–Trinajstić information content (AvgIpc) is 3.02. The van der Waals surface area contributed by atoms with Crippen molar-refractivity contribution in [2.24, 2.45) is 16.5 Å². The first kappa shape index (κ1) is 33.3. The maximum absolute atomic E-state index is 15.3. The fourth-order valence-electron chi connectivity index (χ4n) is 5.40. The van der Waals surface area contributed by atoms with E-state index in [4.69, 9.17) is 16.2 Å². The summed E-state index contributed by atoms with van der Waals surface area (Å²) in [5.41, 5.74) is 13.4. The first-order valence-corrected chi connectivity index (χ1v) is 15.4. The Bertz CT molecular complexity index is 1560. The van der Waals surface area contributed by atoms with Crippen LogP contribution in [0.2, 0.25) is 0 Å². The van der Waals surface area contributed by atoms with E-state index >= 15 is 4.39 Å². The number of fused-ring (bicyclic) bond motifs is 3. The molecule has 0 saturated carbocycles. The van der Waals surface area contributed by atoms with E-state index in [1.807, 2.05) is 42.3 Å². The van der Waals surface area contributed by atoms with Crippen molar-refractivity contribution in [2.45, 2.75) is 46.5 Å². The molecule has 0 spiro atoms. The molecule has 11 heteroatoms. The van der Waals surface area contributed by atoms with E-state index in [9.17, 15) is 9.59 Å². The third-order valence-corrected chi connectivity index (χ3v) is 7.85. The predicted molar refractivity (Wildman–Crippen MR) is 180 cm³/mol. The van der Waals surface area contributed by atoms with Gasteiger partial charge < -0.3 is 36.6 Å². The van der Waals surface area contributed by atoms with Gasteiger partial charge in [0.25, 0.3) is 0 Å². The van der Waals surface area contributed by atoms with E-state index in [1.54, 1.807) is 19.9 Å². The van der Waals surface area contributed by atoms with Crippen molar-refractivity contribution in [3.05, 3.63) is 65.6 Å². The Balaban J connectivity index is 0.000000399. The summed E-state index contributed by atoms with van der Waals surface area (Å²) >= 11 is 0. The van der Waals surface area contributed by atoms with Gasteiger partial charge in [-0.25, -0.2) is 4.39 Å². The molecule has 0 aliphatic carbocycles. The molecule has 0 bridgehead atoms. The number of allylic oxidation sites excluding steroid dienone is 1. The van der Waals surface area contributed by atoms with Gasteiger partial charge in [-0.05, 0) is 87.7 Å². The number of halogens is 1. The molecule has 3 aromatic rings. The molecule has 2 aliphatic rings. The number of piperidine rings is 1. The number of ketones is 1. The lowest BCUT2D eigenvalue weighted by Crippen LogP contribution is -2.34. The molecule has 10 nitrogen and oxygen atoms in total. The number of hydrogen-bond acceptors (Lipinski definition) is 7. The number of aliphatic imine (C=N–C) groups is 1. The summed E-state index contributed by atoms with van der Waals surface area (Å²) < 4.78 is 21.7. The minimum Gasteiger partial charge on any atom is -0.451 e. The van der Waals surface area contributed by atoms with Crippen molar-refractivity contribution in [3.63, 3.8) is 0 Å². The first-order valence-electron chi connectivity index (χ1n) is 15.4. The summed E-state index contributed by atoms with van der Waals surface area (Å²) in [6.45, 7) is 10.1. The second kappa shape index (κ2) is 15.9. The van der Waals surface area contributed by atoms with E-state index < -0.39 is 0 Å². The first-order chi connectivity index (χ1) is 21.7. The number of nitrogens with two attached hydrogens (primary N) is 2. The molecule has 45 heavy (non-hydrogen) atoms. The third kappa shape index (κ3) is 8.72. The molecule has 240 valence electrons. The number of nitrogens with zero attached hydrogens (tertiary/aromatic N) is 3. The highest BCUT2D eigenvalue weighted by Crippen LogP contribution is 2.53. The average molecular weight is 618 g/mol. The van der Waals surface area contributed by atoms with Crippen molar-refractivity contribution in [1.82, 2.24) is 10.2 Å². The molecule has 0 atom stereocenters. The van der Waals surface area contributed by atoms with Crippen molar-refractivity contribution in [1.29, 1.82) is 0 Å². The number of guanidine groups is 1. The molecular formula is C34H44FN7O3. The van der Waals surface area contributed by atoms with Crippen molar-refractivity contribution < 1.29 is 18.7 Å². The van der Waals surface area contributed by atoms with Gasteiger partial charge in [0, 0.05) is 38.0 Å². The van der Waals surface area contributed by atoms with Crippen LogP contribution in [-0.2, 0) is 9.59 Å². The van der Waals surface area contributed by atoms with Crippen molar-refractivity contribution in [2.75, 3.05) is 49.5 Å². The Hall–Kier alpha value is -4.64. The number of Topliss-reactive ketones (excluding diaryl/α,β-unsaturated/α-hetero) is 1. The SMILES string of the molecule is CC(=O)/C(C)=C\N1c2cc3ccccc3cc2Oc2c(NCCN3CCCCC3)c(F)cc(C)c21.NC(N)=NCCCNC=O. The lowest BCUT2D eigenvalue weighted by atomic mass is 10.0. The number of rotatable bonds is 11. The number of amides is 1. The topological polar surface area (TPSA) is 138 Å². The summed E-state index contributed by atoms with van der Waals surface area (Å²) in [6, 6.07) is 13.7. The van der Waals surface area contributed by atoms with E-state index in [0.29, 0.717) is 48.8 Å². The van der Waals surface area contributed by atoms with Gasteiger partial charge >= 0.3 is 0 Å². The Morgan fingerprint density at radius 3 is 2.44 bits per heavy atom. The number of benzene rings is 3. The number of ether oxygens (including phenoxy) is 1. The number of carbonyl (C=O) groups excluding carboxylic acids is 2. The zero-order valence-corrected chi connectivity index (χ0v) is 26.4. The van der Waals surface area contributed by atoms with Crippen LogP contribution in [0, 0.1) is 12.7 Å². The Kier molecular flexibility index (Phi) is 11.7. The lowest BCUT2D eigenvalue weighted by Gasteiger charge is -2.34. The highest BCUT2D eigenvalue weighted by molar-refractivity contribution is 5.97. The molecule has 6 N–H and O–H groups in total. The molecule has 3 aromatic carbocycles. The summed E-state index contributed by atoms with van der Waals surface area (Å²) in [4.78, 5) is 30.0. The van der Waals surface area contributed by atoms with Gasteiger partial charge in [0.1, 0.15) is 5.69 Å². The maximum Gasteiger partial charge on any atom is 0.207 e. The van der Waals surface area contributed by atoms with Crippen LogP contribution in [0.25, 0.3) is 10.8 Å². The minimum absolute atomic E-state index is 0.0139. The Morgan fingerprint density at radius 2 is 1.78 bits per heavy atom. The van der Waals surface area contributed by atoms with Crippen LogP contribution in [0.4, 0.5) is 21.5 Å². The smallest absolute Gasteiger partial charge is 0.207 e. The minimum atomic E-state index is -0.337. The predicted octanol–water partition coefficient (Wildman–Crippen LogP) is 5.32. The quantitative estimate of drug-likeness (QED) is 0.0746. The van der Waals surface area contributed by atoms with Gasteiger partial charge in [0.15, 0.2) is 29.1 Å². The van der Waals surface area contributed by atoms with Crippen LogP contribution >= 0.6 is 0 Å². The Labute approximate surface area is 264 Å². The van der Waals surface area contributed by atoms with E-state index in [-0.39, 0.29) is 17.6 Å². The van der Waals surface area contributed by atoms with Crippen LogP contribution in [0.3, 0.4) is 0 Å². The van der Waals surface area contributed by atoms with Gasteiger partial charge in [-0.2, -0.15) is 0 Å². The van der Waals surface area contributed by atoms with Crippen molar-refractivity contribution in [3.8, 4) is 11.5 Å². The number of carbonyl (C=O) groups is 2. The van der Waals surface area contributed by atoms with Gasteiger partial charge in [-0.1, -0.05) is 30.7 Å². The summed E-state index contributed by atoms with van der Waals surface area (Å²) in [6.07, 6.45) is 6.97. The molecular weight excluding hydrogens is 573 g/mol. The van der Waals surface area contributed by atoms with E-state index in [1.165, 1.54) is 19.3 Å². The van der Waals surface area contributed by atoms with Gasteiger partial charge in [-0.15, -0.1) is 0 Å². The van der Waals surface area contributed by atoms with Gasteiger partial charge in [-0.3, -0.25) is 14.6 Å². The van der Waals surface area contributed by atoms with E-state index in [0.717, 1.165) is 53.8 Å². The molecule has 5 rings (SSSR count). The fraction of sp³-hybridized carbons (Fsp3) is 0.382. The molecule has 0 aromatic heterocycles. The summed E-state index contributed by atoms with van der Waals surface area (Å²) in [5, 5.41) is 7.92. The monoisotopic (exact) mass is 617 g/mol. The number of aryl methyl sites for hydroxylation is 1. The van der Waals surface area contributed by atoms with E-state index in [2.05, 4.69) is 32.7 Å². The molecule has 0 unspecified atom stereocenters. The third-order valence-electron chi connectivity index (χ3n) is 7.85.